The molecule has 2 aliphatic rings. The maximum Gasteiger partial charge on any atom is 0.257 e. The predicted molar refractivity (Wildman–Crippen MR) is 112 cm³/mol. The van der Waals surface area contributed by atoms with Gasteiger partial charge < -0.3 is 20.0 Å². The van der Waals surface area contributed by atoms with Crippen LogP contribution in [-0.4, -0.2) is 40.7 Å². The van der Waals surface area contributed by atoms with Crippen LogP contribution in [0.4, 0.5) is 0 Å². The Hall–Kier alpha value is -2.31. The summed E-state index contributed by atoms with van der Waals surface area (Å²) >= 11 is 0. The van der Waals surface area contributed by atoms with Crippen molar-refractivity contribution in [3.8, 4) is 0 Å². The summed E-state index contributed by atoms with van der Waals surface area (Å²) in [7, 11) is 0. The molecule has 0 bridgehead atoms. The normalized spacial score (nSPS) is 16.9. The molecule has 6 nitrogen and oxygen atoms in total. The topological polar surface area (TPSA) is 79.8 Å². The number of amides is 2. The first-order chi connectivity index (χ1) is 13.7. The molecule has 1 aromatic carbocycles. The quantitative estimate of drug-likeness (QED) is 0.782. The first-order valence-corrected chi connectivity index (χ1v) is 10.1. The van der Waals surface area contributed by atoms with Gasteiger partial charge in [0, 0.05) is 31.6 Å². The van der Waals surface area contributed by atoms with E-state index in [1.165, 1.54) is 11.8 Å². The molecule has 2 N–H and O–H groups in total. The SMILES string of the molecule is Cl.NCc1cc(C(=O)N2CCC(C(=O)N(Cc3ccccc3)C3CC3)CC2)co1. The van der Waals surface area contributed by atoms with Crippen molar-refractivity contribution in [2.75, 3.05) is 13.1 Å². The molecule has 1 aliphatic heterocycles. The fraction of sp³-hybridized carbons (Fsp3) is 0.455. The van der Waals surface area contributed by atoms with Gasteiger partial charge in [0.2, 0.25) is 5.91 Å². The van der Waals surface area contributed by atoms with Gasteiger partial charge >= 0.3 is 0 Å². The molecule has 2 amide bonds. The van der Waals surface area contributed by atoms with Crippen molar-refractivity contribution in [3.63, 3.8) is 0 Å². The lowest BCUT2D eigenvalue weighted by Crippen LogP contribution is -2.44. The lowest BCUT2D eigenvalue weighted by molar-refractivity contribution is -0.138. The number of hydrogen-bond acceptors (Lipinski definition) is 4. The maximum atomic E-state index is 13.2. The molecule has 29 heavy (non-hydrogen) atoms. The summed E-state index contributed by atoms with van der Waals surface area (Å²) in [6.45, 7) is 2.16. The van der Waals surface area contributed by atoms with Gasteiger partial charge in [0.1, 0.15) is 12.0 Å². The Morgan fingerprint density at radius 2 is 1.79 bits per heavy atom. The summed E-state index contributed by atoms with van der Waals surface area (Å²) in [5.41, 5.74) is 7.25. The summed E-state index contributed by atoms with van der Waals surface area (Å²) in [5, 5.41) is 0. The van der Waals surface area contributed by atoms with Gasteiger partial charge in [-0.05, 0) is 37.3 Å². The summed E-state index contributed by atoms with van der Waals surface area (Å²) in [6.07, 6.45) is 5.09. The first-order valence-electron chi connectivity index (χ1n) is 10.1. The van der Waals surface area contributed by atoms with Crippen LogP contribution in [-0.2, 0) is 17.9 Å². The average molecular weight is 418 g/mol. The van der Waals surface area contributed by atoms with Gasteiger partial charge in [0.05, 0.1) is 12.1 Å². The van der Waals surface area contributed by atoms with Gasteiger partial charge in [-0.2, -0.15) is 0 Å². The van der Waals surface area contributed by atoms with Gasteiger partial charge in [-0.25, -0.2) is 0 Å². The number of hydrogen-bond donors (Lipinski definition) is 1. The van der Waals surface area contributed by atoms with Crippen molar-refractivity contribution in [2.45, 2.75) is 44.8 Å². The molecule has 2 heterocycles. The highest BCUT2D eigenvalue weighted by Gasteiger charge is 2.37. The Bertz CT molecular complexity index is 827. The lowest BCUT2D eigenvalue weighted by Gasteiger charge is -2.34. The van der Waals surface area contributed by atoms with E-state index in [2.05, 4.69) is 17.0 Å². The molecule has 2 aromatic rings. The van der Waals surface area contributed by atoms with E-state index in [1.807, 2.05) is 23.1 Å². The summed E-state index contributed by atoms with van der Waals surface area (Å²) in [4.78, 5) is 29.7. The minimum absolute atomic E-state index is 0. The van der Waals surface area contributed by atoms with E-state index in [9.17, 15) is 9.59 Å². The second-order valence-corrected chi connectivity index (χ2v) is 7.76. The van der Waals surface area contributed by atoms with E-state index in [-0.39, 0.29) is 36.7 Å². The zero-order valence-corrected chi connectivity index (χ0v) is 17.3. The van der Waals surface area contributed by atoms with Crippen LogP contribution in [0.5, 0.6) is 0 Å². The number of halogens is 1. The monoisotopic (exact) mass is 417 g/mol. The van der Waals surface area contributed by atoms with Crippen molar-refractivity contribution < 1.29 is 14.0 Å². The summed E-state index contributed by atoms with van der Waals surface area (Å²) in [6, 6.07) is 12.3. The predicted octanol–water partition coefficient (Wildman–Crippen LogP) is 3.20. The van der Waals surface area contributed by atoms with Gasteiger partial charge in [-0.15, -0.1) is 12.4 Å². The van der Waals surface area contributed by atoms with Crippen LogP contribution in [0.15, 0.2) is 47.1 Å². The minimum Gasteiger partial charge on any atom is -0.467 e. The highest BCUT2D eigenvalue weighted by molar-refractivity contribution is 5.94. The number of nitrogens with zero attached hydrogens (tertiary/aromatic N) is 2. The maximum absolute atomic E-state index is 13.2. The van der Waals surface area contributed by atoms with Gasteiger partial charge in [-0.1, -0.05) is 30.3 Å². The number of benzene rings is 1. The van der Waals surface area contributed by atoms with Crippen LogP contribution >= 0.6 is 12.4 Å². The largest absolute Gasteiger partial charge is 0.467 e. The van der Waals surface area contributed by atoms with Crippen molar-refractivity contribution in [3.05, 3.63) is 59.5 Å². The number of carbonyl (C=O) groups is 2. The molecule has 0 radical (unpaired) electrons. The van der Waals surface area contributed by atoms with Gasteiger partial charge in [0.25, 0.3) is 5.91 Å². The van der Waals surface area contributed by atoms with Crippen molar-refractivity contribution in [1.29, 1.82) is 0 Å². The summed E-state index contributed by atoms with van der Waals surface area (Å²) < 4.78 is 5.27. The Kier molecular flexibility index (Phi) is 6.98. The minimum atomic E-state index is -0.0438. The molecule has 4 rings (SSSR count). The van der Waals surface area contributed by atoms with E-state index in [0.29, 0.717) is 49.8 Å². The number of piperidine rings is 1. The molecule has 0 atom stereocenters. The zero-order chi connectivity index (χ0) is 19.5. The Labute approximate surface area is 177 Å². The second kappa shape index (κ2) is 9.46. The lowest BCUT2D eigenvalue weighted by atomic mass is 9.94. The van der Waals surface area contributed by atoms with Gasteiger partial charge in [-0.3, -0.25) is 9.59 Å². The Balaban J connectivity index is 0.00000240. The third kappa shape index (κ3) is 5.00. The van der Waals surface area contributed by atoms with Crippen LogP contribution in [0.25, 0.3) is 0 Å². The Morgan fingerprint density at radius 1 is 1.10 bits per heavy atom. The second-order valence-electron chi connectivity index (χ2n) is 7.76. The summed E-state index contributed by atoms with van der Waals surface area (Å²) in [5.74, 6) is 0.802. The average Bonchev–Trinajstić information content (AvgIpc) is 3.48. The smallest absolute Gasteiger partial charge is 0.257 e. The van der Waals surface area contributed by atoms with Crippen LogP contribution in [0.1, 0.15) is 47.4 Å². The molecule has 156 valence electrons. The Morgan fingerprint density at radius 3 is 2.38 bits per heavy atom. The molecule has 7 heteroatoms. The third-order valence-electron chi connectivity index (χ3n) is 5.70. The molecule has 1 saturated carbocycles. The first kappa shape index (κ1) is 21.4. The molecule has 1 aromatic heterocycles. The van der Waals surface area contributed by atoms with E-state index >= 15 is 0 Å². The molecule has 1 saturated heterocycles. The number of carbonyl (C=O) groups excluding carboxylic acids is 2. The van der Waals surface area contributed by atoms with E-state index in [4.69, 9.17) is 10.2 Å². The van der Waals surface area contributed by atoms with Crippen molar-refractivity contribution in [1.82, 2.24) is 9.80 Å². The molecule has 0 unspecified atom stereocenters. The number of nitrogens with two attached hydrogens (primary N) is 1. The zero-order valence-electron chi connectivity index (χ0n) is 16.5. The highest BCUT2D eigenvalue weighted by Crippen LogP contribution is 2.32. The molecule has 0 spiro atoms. The van der Waals surface area contributed by atoms with E-state index in [0.717, 1.165) is 12.8 Å². The van der Waals surface area contributed by atoms with E-state index in [1.54, 1.807) is 6.07 Å². The van der Waals surface area contributed by atoms with E-state index < -0.39 is 0 Å². The van der Waals surface area contributed by atoms with Gasteiger partial charge in [0.15, 0.2) is 0 Å². The fourth-order valence-corrected chi connectivity index (χ4v) is 3.90. The highest BCUT2D eigenvalue weighted by atomic mass is 35.5. The standard InChI is InChI=1S/C22H27N3O3.ClH/c23-13-20-12-18(15-28-20)21(26)24-10-8-17(9-11-24)22(27)25(19-6-7-19)14-16-4-2-1-3-5-16;/h1-5,12,15,17,19H,6-11,13-14,23H2;1H. The molecule has 2 fully saturated rings. The van der Waals surface area contributed by atoms with Crippen LogP contribution in [0.3, 0.4) is 0 Å². The van der Waals surface area contributed by atoms with Crippen LogP contribution in [0, 0.1) is 5.92 Å². The number of likely N-dealkylation sites (tertiary alicyclic amines) is 1. The van der Waals surface area contributed by atoms with Crippen LogP contribution in [0.2, 0.25) is 0 Å². The number of rotatable bonds is 6. The fourth-order valence-electron chi connectivity index (χ4n) is 3.90. The third-order valence-corrected chi connectivity index (χ3v) is 5.70. The molecule has 1 aliphatic carbocycles. The van der Waals surface area contributed by atoms with Crippen LogP contribution < -0.4 is 5.73 Å². The van der Waals surface area contributed by atoms with Crippen molar-refractivity contribution in [2.24, 2.45) is 11.7 Å². The number of furan rings is 1. The van der Waals surface area contributed by atoms with Crippen molar-refractivity contribution >= 4 is 24.2 Å². The molecular formula is C22H28ClN3O3. The molecular weight excluding hydrogens is 390 g/mol.